The first-order valence-corrected chi connectivity index (χ1v) is 7.02. The lowest BCUT2D eigenvalue weighted by Gasteiger charge is -2.31. The largest absolute Gasteiger partial charge is 0.301 e. The molecule has 0 radical (unpaired) electrons. The van der Waals surface area contributed by atoms with Gasteiger partial charge in [-0.05, 0) is 24.2 Å². The van der Waals surface area contributed by atoms with Crippen LogP contribution in [-0.4, -0.2) is 28.7 Å². The molecule has 4 rings (SSSR count). The van der Waals surface area contributed by atoms with Crippen molar-refractivity contribution in [2.45, 2.75) is 12.5 Å². The summed E-state index contributed by atoms with van der Waals surface area (Å²) in [4.78, 5) is 2.38. The van der Waals surface area contributed by atoms with E-state index in [1.165, 1.54) is 22.2 Å². The lowest BCUT2D eigenvalue weighted by molar-refractivity contribution is 0.294. The summed E-state index contributed by atoms with van der Waals surface area (Å²) in [6, 6.07) is 17.1. The van der Waals surface area contributed by atoms with Gasteiger partial charge in [-0.25, -0.2) is 0 Å². The van der Waals surface area contributed by atoms with E-state index in [0.29, 0.717) is 5.92 Å². The summed E-state index contributed by atoms with van der Waals surface area (Å²) < 4.78 is 0. The van der Waals surface area contributed by atoms with E-state index in [1.807, 2.05) is 6.07 Å². The Labute approximate surface area is 118 Å². The molecule has 0 aliphatic carbocycles. The number of para-hydroxylation sites is 1. The summed E-state index contributed by atoms with van der Waals surface area (Å²) in [5.74, 6) is 0.373. The van der Waals surface area contributed by atoms with Crippen LogP contribution in [0.2, 0.25) is 0 Å². The number of aromatic nitrogens is 2. The molecule has 0 amide bonds. The average molecular weight is 263 g/mol. The highest BCUT2D eigenvalue weighted by Crippen LogP contribution is 2.34. The van der Waals surface area contributed by atoms with E-state index in [-0.39, 0.29) is 0 Å². The molecule has 0 bridgehead atoms. The number of nitrogens with one attached hydrogen (secondary N) is 1. The predicted octanol–water partition coefficient (Wildman–Crippen LogP) is 3.14. The van der Waals surface area contributed by atoms with Gasteiger partial charge in [0, 0.05) is 24.4 Å². The Bertz CT molecular complexity index is 760. The highest BCUT2D eigenvalue weighted by molar-refractivity contribution is 5.82. The molecule has 1 aliphatic rings. The molecule has 0 spiro atoms. The third-order valence-corrected chi connectivity index (χ3v) is 4.20. The fourth-order valence-corrected chi connectivity index (χ4v) is 3.28. The highest BCUT2D eigenvalue weighted by Gasteiger charge is 2.26. The summed E-state index contributed by atoms with van der Waals surface area (Å²) in [5.41, 5.74) is 5.14. The summed E-state index contributed by atoms with van der Waals surface area (Å²) in [6.07, 6.45) is 0. The molecule has 1 atom stereocenters. The number of nitrogens with zero attached hydrogens (tertiary/aromatic N) is 2. The van der Waals surface area contributed by atoms with Gasteiger partial charge in [0.25, 0.3) is 0 Å². The van der Waals surface area contributed by atoms with E-state index in [2.05, 4.69) is 64.6 Å². The molecule has 100 valence electrons. The maximum atomic E-state index is 4.45. The maximum absolute atomic E-state index is 4.45. The van der Waals surface area contributed by atoms with Gasteiger partial charge >= 0.3 is 0 Å². The monoisotopic (exact) mass is 263 g/mol. The van der Waals surface area contributed by atoms with Gasteiger partial charge in [-0.1, -0.05) is 42.5 Å². The van der Waals surface area contributed by atoms with Crippen molar-refractivity contribution >= 4 is 10.9 Å². The Morgan fingerprint density at radius 1 is 1.10 bits per heavy atom. The van der Waals surface area contributed by atoms with Crippen LogP contribution < -0.4 is 0 Å². The zero-order valence-corrected chi connectivity index (χ0v) is 11.5. The van der Waals surface area contributed by atoms with E-state index in [1.54, 1.807) is 0 Å². The molecule has 0 saturated heterocycles. The molecular weight excluding hydrogens is 246 g/mol. The van der Waals surface area contributed by atoms with Crippen molar-refractivity contribution in [3.8, 4) is 0 Å². The first kappa shape index (κ1) is 11.7. The lowest BCUT2D eigenvalue weighted by atomic mass is 9.86. The first-order valence-electron chi connectivity index (χ1n) is 7.02. The lowest BCUT2D eigenvalue weighted by Crippen LogP contribution is -2.31. The molecule has 3 nitrogen and oxygen atoms in total. The minimum Gasteiger partial charge on any atom is -0.301 e. The van der Waals surface area contributed by atoms with Gasteiger partial charge in [-0.15, -0.1) is 0 Å². The van der Waals surface area contributed by atoms with E-state index in [0.717, 1.165) is 18.6 Å². The number of H-pyrrole nitrogens is 1. The van der Waals surface area contributed by atoms with Gasteiger partial charge in [-0.2, -0.15) is 5.10 Å². The van der Waals surface area contributed by atoms with Crippen LogP contribution in [0.5, 0.6) is 0 Å². The molecule has 1 aliphatic heterocycles. The van der Waals surface area contributed by atoms with Gasteiger partial charge in [0.1, 0.15) is 0 Å². The van der Waals surface area contributed by atoms with Crippen molar-refractivity contribution in [2.75, 3.05) is 13.6 Å². The smallest absolute Gasteiger partial charge is 0.0923 e. The fraction of sp³-hybridized carbons (Fsp3) is 0.235. The van der Waals surface area contributed by atoms with Crippen LogP contribution in [0.4, 0.5) is 0 Å². The Kier molecular flexibility index (Phi) is 2.60. The molecule has 20 heavy (non-hydrogen) atoms. The van der Waals surface area contributed by atoms with E-state index in [4.69, 9.17) is 0 Å². The first-order chi connectivity index (χ1) is 9.83. The second-order valence-electron chi connectivity index (χ2n) is 5.60. The Hall–Kier alpha value is -2.13. The standard InChI is InChI=1S/C17H17N3/c1-20-10-12-6-2-3-7-13(12)15(11-20)17-14-8-4-5-9-16(14)18-19-17/h2-9,15H,10-11H2,1H3,(H,18,19). The van der Waals surface area contributed by atoms with Crippen molar-refractivity contribution in [3.05, 3.63) is 65.4 Å². The van der Waals surface area contributed by atoms with Gasteiger partial charge in [0.2, 0.25) is 0 Å². The molecule has 3 aromatic rings. The van der Waals surface area contributed by atoms with Crippen molar-refractivity contribution < 1.29 is 0 Å². The predicted molar refractivity (Wildman–Crippen MR) is 80.7 cm³/mol. The van der Waals surface area contributed by atoms with Crippen LogP contribution in [0.3, 0.4) is 0 Å². The van der Waals surface area contributed by atoms with Crippen LogP contribution >= 0.6 is 0 Å². The van der Waals surface area contributed by atoms with Gasteiger partial charge in [0.15, 0.2) is 0 Å². The number of rotatable bonds is 1. The Morgan fingerprint density at radius 2 is 1.90 bits per heavy atom. The van der Waals surface area contributed by atoms with E-state index >= 15 is 0 Å². The molecular formula is C17H17N3. The van der Waals surface area contributed by atoms with Crippen molar-refractivity contribution in [3.63, 3.8) is 0 Å². The van der Waals surface area contributed by atoms with Crippen molar-refractivity contribution in [1.29, 1.82) is 0 Å². The number of hydrogen-bond acceptors (Lipinski definition) is 2. The molecule has 2 aromatic carbocycles. The maximum Gasteiger partial charge on any atom is 0.0923 e. The number of hydrogen-bond donors (Lipinski definition) is 1. The molecule has 1 aromatic heterocycles. The van der Waals surface area contributed by atoms with E-state index < -0.39 is 0 Å². The van der Waals surface area contributed by atoms with Crippen molar-refractivity contribution in [2.24, 2.45) is 0 Å². The fourth-order valence-electron chi connectivity index (χ4n) is 3.28. The number of likely N-dealkylation sites (N-methyl/N-ethyl adjacent to an activating group) is 1. The van der Waals surface area contributed by atoms with Gasteiger partial charge in [-0.3, -0.25) is 5.10 Å². The quantitative estimate of drug-likeness (QED) is 0.731. The number of benzene rings is 2. The minimum absolute atomic E-state index is 0.373. The molecule has 0 fully saturated rings. The average Bonchev–Trinajstić information content (AvgIpc) is 2.90. The summed E-state index contributed by atoms with van der Waals surface area (Å²) >= 11 is 0. The molecule has 2 heterocycles. The summed E-state index contributed by atoms with van der Waals surface area (Å²) in [6.45, 7) is 2.06. The summed E-state index contributed by atoms with van der Waals surface area (Å²) in [5, 5.41) is 8.96. The molecule has 1 unspecified atom stereocenters. The highest BCUT2D eigenvalue weighted by atomic mass is 15.1. The zero-order chi connectivity index (χ0) is 13.5. The van der Waals surface area contributed by atoms with E-state index in [9.17, 15) is 0 Å². The number of fused-ring (bicyclic) bond motifs is 2. The van der Waals surface area contributed by atoms with Crippen LogP contribution in [0.15, 0.2) is 48.5 Å². The van der Waals surface area contributed by atoms with Gasteiger partial charge < -0.3 is 4.90 Å². The second kappa shape index (κ2) is 4.46. The van der Waals surface area contributed by atoms with Crippen LogP contribution in [0, 0.1) is 0 Å². The number of aromatic amines is 1. The van der Waals surface area contributed by atoms with Gasteiger partial charge in [0.05, 0.1) is 11.2 Å². The zero-order valence-electron chi connectivity index (χ0n) is 11.5. The topological polar surface area (TPSA) is 31.9 Å². The third-order valence-electron chi connectivity index (χ3n) is 4.20. The van der Waals surface area contributed by atoms with Crippen LogP contribution in [0.25, 0.3) is 10.9 Å². The third kappa shape index (κ3) is 1.74. The minimum atomic E-state index is 0.373. The molecule has 0 saturated carbocycles. The molecule has 1 N–H and O–H groups in total. The second-order valence-corrected chi connectivity index (χ2v) is 5.60. The summed E-state index contributed by atoms with van der Waals surface area (Å²) in [7, 11) is 2.18. The van der Waals surface area contributed by atoms with Crippen LogP contribution in [-0.2, 0) is 6.54 Å². The van der Waals surface area contributed by atoms with Crippen molar-refractivity contribution in [1.82, 2.24) is 15.1 Å². The Balaban J connectivity index is 1.90. The Morgan fingerprint density at radius 3 is 2.85 bits per heavy atom. The normalized spacial score (nSPS) is 19.1. The van der Waals surface area contributed by atoms with Crippen LogP contribution in [0.1, 0.15) is 22.7 Å². The molecule has 3 heteroatoms. The SMILES string of the molecule is CN1Cc2ccccc2C(c2[nH]nc3ccccc23)C1.